The fraction of sp³-hybridized carbons (Fsp3) is 0.321. The zero-order valence-electron chi connectivity index (χ0n) is 21.7. The Morgan fingerprint density at radius 1 is 0.973 bits per heavy atom. The van der Waals surface area contributed by atoms with Gasteiger partial charge in [-0.15, -0.1) is 0 Å². The first-order chi connectivity index (χ1) is 17.6. The van der Waals surface area contributed by atoms with Crippen molar-refractivity contribution in [3.8, 4) is 11.6 Å². The predicted octanol–water partition coefficient (Wildman–Crippen LogP) is 5.12. The summed E-state index contributed by atoms with van der Waals surface area (Å²) in [5.74, 6) is 0.347. The second kappa shape index (κ2) is 10.8. The van der Waals surface area contributed by atoms with Crippen LogP contribution in [0.1, 0.15) is 51.8 Å². The van der Waals surface area contributed by atoms with E-state index in [1.54, 1.807) is 39.2 Å². The standard InChI is InChI=1S/C28H31N5O4/c1-18(2)33-17-29-23-24(33)31-27(30-22(34)15-19-9-7-6-8-10-19)32-25(23)36-16-20-11-13-21(14-12-20)37-26(35)28(3,4)5/h6-14,17-18H,15-16H2,1-5H3,(H,30,31,32,34). The van der Waals surface area contributed by atoms with Crippen molar-refractivity contribution in [2.75, 3.05) is 5.32 Å². The molecule has 9 nitrogen and oxygen atoms in total. The molecule has 0 fully saturated rings. The van der Waals surface area contributed by atoms with Gasteiger partial charge < -0.3 is 14.0 Å². The molecule has 0 atom stereocenters. The number of hydrogen-bond acceptors (Lipinski definition) is 7. The number of anilines is 1. The minimum atomic E-state index is -0.590. The Balaban J connectivity index is 1.52. The Morgan fingerprint density at radius 3 is 2.32 bits per heavy atom. The Morgan fingerprint density at radius 2 is 1.68 bits per heavy atom. The van der Waals surface area contributed by atoms with Gasteiger partial charge in [0.15, 0.2) is 11.2 Å². The van der Waals surface area contributed by atoms with E-state index in [9.17, 15) is 9.59 Å². The van der Waals surface area contributed by atoms with E-state index in [-0.39, 0.29) is 42.8 Å². The van der Waals surface area contributed by atoms with E-state index in [0.717, 1.165) is 11.1 Å². The van der Waals surface area contributed by atoms with E-state index >= 15 is 0 Å². The van der Waals surface area contributed by atoms with Crippen LogP contribution in [0.5, 0.6) is 11.6 Å². The van der Waals surface area contributed by atoms with E-state index in [4.69, 9.17) is 9.47 Å². The lowest BCUT2D eigenvalue weighted by atomic mass is 9.97. The Hall–Kier alpha value is -4.27. The molecule has 0 radical (unpaired) electrons. The summed E-state index contributed by atoms with van der Waals surface area (Å²) in [5.41, 5.74) is 2.22. The van der Waals surface area contributed by atoms with Crippen LogP contribution in [0.4, 0.5) is 5.95 Å². The second-order valence-electron chi connectivity index (χ2n) is 10.1. The number of esters is 1. The highest BCUT2D eigenvalue weighted by Crippen LogP contribution is 2.26. The molecule has 192 valence electrons. The molecule has 0 spiro atoms. The van der Waals surface area contributed by atoms with Crippen molar-refractivity contribution in [1.82, 2.24) is 19.5 Å². The topological polar surface area (TPSA) is 108 Å². The average molecular weight is 502 g/mol. The fourth-order valence-electron chi connectivity index (χ4n) is 3.44. The molecule has 0 aliphatic rings. The highest BCUT2D eigenvalue weighted by Gasteiger charge is 2.23. The first kappa shape index (κ1) is 25.8. The van der Waals surface area contributed by atoms with Crippen LogP contribution in [0.3, 0.4) is 0 Å². The number of nitrogens with one attached hydrogen (secondary N) is 1. The number of hydrogen-bond donors (Lipinski definition) is 1. The summed E-state index contributed by atoms with van der Waals surface area (Å²) in [5, 5.41) is 2.78. The lowest BCUT2D eigenvalue weighted by Gasteiger charge is -2.16. The quantitative estimate of drug-likeness (QED) is 0.264. The molecule has 4 rings (SSSR count). The van der Waals surface area contributed by atoms with Crippen molar-refractivity contribution < 1.29 is 19.1 Å². The zero-order chi connectivity index (χ0) is 26.6. The van der Waals surface area contributed by atoms with Gasteiger partial charge in [0.25, 0.3) is 0 Å². The number of amides is 1. The molecule has 1 amide bonds. The number of benzene rings is 2. The Bertz CT molecular complexity index is 1390. The maximum Gasteiger partial charge on any atom is 0.316 e. The largest absolute Gasteiger partial charge is 0.471 e. The van der Waals surface area contributed by atoms with Crippen LogP contribution in [0.15, 0.2) is 60.9 Å². The third kappa shape index (κ3) is 6.49. The molecule has 37 heavy (non-hydrogen) atoms. The smallest absolute Gasteiger partial charge is 0.316 e. The SMILES string of the molecule is CC(C)n1cnc2c(OCc3ccc(OC(=O)C(C)(C)C)cc3)nc(NC(=O)Cc3ccccc3)nc21. The van der Waals surface area contributed by atoms with Gasteiger partial charge in [0.1, 0.15) is 12.4 Å². The van der Waals surface area contributed by atoms with Crippen LogP contribution in [-0.2, 0) is 22.6 Å². The van der Waals surface area contributed by atoms with Gasteiger partial charge in [0.05, 0.1) is 18.2 Å². The van der Waals surface area contributed by atoms with E-state index in [1.807, 2.05) is 60.9 Å². The summed E-state index contributed by atoms with van der Waals surface area (Å²) in [6.07, 6.45) is 1.89. The molecule has 2 aromatic heterocycles. The summed E-state index contributed by atoms with van der Waals surface area (Å²) in [6, 6.07) is 16.6. The first-order valence-electron chi connectivity index (χ1n) is 12.1. The van der Waals surface area contributed by atoms with Gasteiger partial charge in [-0.25, -0.2) is 4.98 Å². The highest BCUT2D eigenvalue weighted by molar-refractivity contribution is 5.91. The zero-order valence-corrected chi connectivity index (χ0v) is 21.7. The maximum absolute atomic E-state index is 12.6. The number of carbonyl (C=O) groups is 2. The Labute approximate surface area is 215 Å². The van der Waals surface area contributed by atoms with Crippen LogP contribution >= 0.6 is 0 Å². The molecule has 9 heteroatoms. The van der Waals surface area contributed by atoms with Gasteiger partial charge in [-0.3, -0.25) is 14.9 Å². The van der Waals surface area contributed by atoms with Crippen molar-refractivity contribution in [1.29, 1.82) is 0 Å². The van der Waals surface area contributed by atoms with Crippen molar-refractivity contribution in [3.63, 3.8) is 0 Å². The van der Waals surface area contributed by atoms with E-state index in [0.29, 0.717) is 16.9 Å². The molecule has 2 heterocycles. The molecular weight excluding hydrogens is 470 g/mol. The normalized spacial score (nSPS) is 11.5. The van der Waals surface area contributed by atoms with Gasteiger partial charge in [-0.2, -0.15) is 9.97 Å². The number of fused-ring (bicyclic) bond motifs is 1. The van der Waals surface area contributed by atoms with Gasteiger partial charge >= 0.3 is 5.97 Å². The fourth-order valence-corrected chi connectivity index (χ4v) is 3.44. The number of nitrogens with zero attached hydrogens (tertiary/aromatic N) is 4. The van der Waals surface area contributed by atoms with Gasteiger partial charge in [0.2, 0.25) is 17.7 Å². The van der Waals surface area contributed by atoms with Gasteiger partial charge in [-0.1, -0.05) is 42.5 Å². The molecular formula is C28H31N5O4. The number of carbonyl (C=O) groups excluding carboxylic acids is 2. The molecule has 0 aliphatic heterocycles. The van der Waals surface area contributed by atoms with Crippen LogP contribution in [0.2, 0.25) is 0 Å². The van der Waals surface area contributed by atoms with Crippen molar-refractivity contribution >= 4 is 29.0 Å². The van der Waals surface area contributed by atoms with Gasteiger partial charge in [-0.05, 0) is 57.9 Å². The summed E-state index contributed by atoms with van der Waals surface area (Å²) in [4.78, 5) is 38.2. The third-order valence-corrected chi connectivity index (χ3v) is 5.53. The Kier molecular flexibility index (Phi) is 7.52. The minimum Gasteiger partial charge on any atom is -0.471 e. The van der Waals surface area contributed by atoms with Crippen LogP contribution in [0.25, 0.3) is 11.2 Å². The molecule has 0 aliphatic carbocycles. The lowest BCUT2D eigenvalue weighted by molar-refractivity contribution is -0.143. The van der Waals surface area contributed by atoms with Crippen LogP contribution in [-0.4, -0.2) is 31.4 Å². The maximum atomic E-state index is 12.6. The molecule has 1 N–H and O–H groups in total. The first-order valence-corrected chi connectivity index (χ1v) is 12.1. The van der Waals surface area contributed by atoms with Gasteiger partial charge in [0, 0.05) is 6.04 Å². The second-order valence-corrected chi connectivity index (χ2v) is 10.1. The lowest BCUT2D eigenvalue weighted by Crippen LogP contribution is -2.25. The number of aromatic nitrogens is 4. The summed E-state index contributed by atoms with van der Waals surface area (Å²) >= 11 is 0. The number of imidazole rings is 1. The molecule has 0 saturated heterocycles. The molecule has 0 saturated carbocycles. The minimum absolute atomic E-state index is 0.101. The van der Waals surface area contributed by atoms with Crippen LogP contribution in [0, 0.1) is 5.41 Å². The molecule has 4 aromatic rings. The number of rotatable bonds is 8. The van der Waals surface area contributed by atoms with Crippen molar-refractivity contribution in [3.05, 3.63) is 72.1 Å². The molecule has 2 aromatic carbocycles. The van der Waals surface area contributed by atoms with E-state index in [2.05, 4.69) is 20.3 Å². The van der Waals surface area contributed by atoms with E-state index < -0.39 is 5.41 Å². The monoisotopic (exact) mass is 501 g/mol. The summed E-state index contributed by atoms with van der Waals surface area (Å²) in [7, 11) is 0. The third-order valence-electron chi connectivity index (χ3n) is 5.53. The van der Waals surface area contributed by atoms with Crippen molar-refractivity contribution in [2.45, 2.75) is 53.7 Å². The van der Waals surface area contributed by atoms with Crippen LogP contribution < -0.4 is 14.8 Å². The van der Waals surface area contributed by atoms with E-state index in [1.165, 1.54) is 0 Å². The highest BCUT2D eigenvalue weighted by atomic mass is 16.5. The average Bonchev–Trinajstić information content (AvgIpc) is 3.28. The number of ether oxygens (including phenoxy) is 2. The summed E-state index contributed by atoms with van der Waals surface area (Å²) in [6.45, 7) is 9.65. The summed E-state index contributed by atoms with van der Waals surface area (Å²) < 4.78 is 13.3. The molecule has 0 bridgehead atoms. The van der Waals surface area contributed by atoms with Crippen molar-refractivity contribution in [2.24, 2.45) is 5.41 Å². The molecule has 0 unspecified atom stereocenters. The predicted molar refractivity (Wildman–Crippen MR) is 140 cm³/mol.